The highest BCUT2D eigenvalue weighted by Crippen LogP contribution is 2.30. The highest BCUT2D eigenvalue weighted by Gasteiger charge is 2.24. The molecule has 0 radical (unpaired) electrons. The van der Waals surface area contributed by atoms with Gasteiger partial charge in [-0.05, 0) is 59.2 Å². The Morgan fingerprint density at radius 2 is 1.42 bits per heavy atom. The van der Waals surface area contributed by atoms with Gasteiger partial charge < -0.3 is 14.2 Å². The summed E-state index contributed by atoms with van der Waals surface area (Å²) >= 11 is 0. The van der Waals surface area contributed by atoms with E-state index in [9.17, 15) is 9.59 Å². The van der Waals surface area contributed by atoms with Crippen LogP contribution in [0.5, 0.6) is 11.5 Å². The van der Waals surface area contributed by atoms with Crippen LogP contribution >= 0.6 is 0 Å². The second kappa shape index (κ2) is 10.1. The molecule has 5 rings (SSSR count). The maximum absolute atomic E-state index is 12.5. The summed E-state index contributed by atoms with van der Waals surface area (Å²) in [5.74, 6) is -0.181. The number of nitrogens with zero attached hydrogens (tertiary/aromatic N) is 1. The second-order valence-electron chi connectivity index (χ2n) is 7.95. The lowest BCUT2D eigenvalue weighted by molar-refractivity contribution is -0.129. The van der Waals surface area contributed by atoms with Gasteiger partial charge in [0.15, 0.2) is 17.2 Å². The number of aliphatic imine (C=N–C) groups is 1. The molecule has 1 heterocycles. The number of methoxy groups -OCH3 is 1. The van der Waals surface area contributed by atoms with Gasteiger partial charge in [-0.15, -0.1) is 0 Å². The molecular formula is C30H21NO5. The van der Waals surface area contributed by atoms with Crippen molar-refractivity contribution in [1.82, 2.24) is 0 Å². The molecule has 0 saturated heterocycles. The minimum Gasteiger partial charge on any atom is -0.493 e. The summed E-state index contributed by atoms with van der Waals surface area (Å²) in [6, 6.07) is 31.3. The van der Waals surface area contributed by atoms with E-state index in [2.05, 4.69) is 4.99 Å². The summed E-state index contributed by atoms with van der Waals surface area (Å²) in [5, 5.41) is 0. The highest BCUT2D eigenvalue weighted by molar-refractivity contribution is 6.13. The summed E-state index contributed by atoms with van der Waals surface area (Å²) in [5.41, 5.74) is 4.09. The van der Waals surface area contributed by atoms with E-state index in [1.807, 2.05) is 60.7 Å². The molecule has 0 aliphatic carbocycles. The van der Waals surface area contributed by atoms with E-state index in [1.165, 1.54) is 7.11 Å². The number of benzene rings is 4. The van der Waals surface area contributed by atoms with Gasteiger partial charge >= 0.3 is 11.9 Å². The molecule has 0 bridgehead atoms. The van der Waals surface area contributed by atoms with Crippen LogP contribution in [0.1, 0.15) is 21.5 Å². The standard InChI is InChI=1S/C30H21NO5/c1-34-27-19-20(12-17-26(27)35-29(32)24-10-6-3-7-11-24)18-25-30(33)36-28(31-25)23-15-13-22(14-16-23)21-8-4-2-5-9-21/h2-19H,1H3/b25-18-. The topological polar surface area (TPSA) is 74.2 Å². The van der Waals surface area contributed by atoms with Crippen molar-refractivity contribution in [3.63, 3.8) is 0 Å². The fourth-order valence-corrected chi connectivity index (χ4v) is 3.72. The smallest absolute Gasteiger partial charge is 0.363 e. The second-order valence-corrected chi connectivity index (χ2v) is 7.95. The number of ether oxygens (including phenoxy) is 3. The van der Waals surface area contributed by atoms with Crippen molar-refractivity contribution in [2.45, 2.75) is 0 Å². The molecule has 0 unspecified atom stereocenters. The number of hydrogen-bond donors (Lipinski definition) is 0. The highest BCUT2D eigenvalue weighted by atomic mass is 16.6. The fraction of sp³-hybridized carbons (Fsp3) is 0.0333. The quantitative estimate of drug-likeness (QED) is 0.196. The summed E-state index contributed by atoms with van der Waals surface area (Å²) in [6.07, 6.45) is 1.60. The average molecular weight is 476 g/mol. The van der Waals surface area contributed by atoms with Crippen molar-refractivity contribution >= 4 is 23.9 Å². The van der Waals surface area contributed by atoms with Gasteiger partial charge in [-0.2, -0.15) is 0 Å². The van der Waals surface area contributed by atoms with E-state index >= 15 is 0 Å². The molecular weight excluding hydrogens is 454 g/mol. The third-order valence-corrected chi connectivity index (χ3v) is 5.56. The molecule has 0 spiro atoms. The van der Waals surface area contributed by atoms with E-state index in [0.717, 1.165) is 11.1 Å². The summed E-state index contributed by atoms with van der Waals surface area (Å²) in [4.78, 5) is 29.2. The Hall–Kier alpha value is -4.97. The van der Waals surface area contributed by atoms with Gasteiger partial charge in [0.1, 0.15) is 0 Å². The number of carbonyl (C=O) groups is 2. The van der Waals surface area contributed by atoms with Crippen LogP contribution in [0.4, 0.5) is 0 Å². The first kappa shape index (κ1) is 22.8. The molecule has 176 valence electrons. The number of hydrogen-bond acceptors (Lipinski definition) is 6. The van der Waals surface area contributed by atoms with Crippen molar-refractivity contribution < 1.29 is 23.8 Å². The normalized spacial score (nSPS) is 13.8. The summed E-state index contributed by atoms with van der Waals surface area (Å²) < 4.78 is 16.3. The Balaban J connectivity index is 1.35. The van der Waals surface area contributed by atoms with E-state index in [0.29, 0.717) is 22.4 Å². The van der Waals surface area contributed by atoms with Crippen molar-refractivity contribution in [3.8, 4) is 22.6 Å². The number of rotatable bonds is 6. The van der Waals surface area contributed by atoms with Crippen LogP contribution in [0.15, 0.2) is 114 Å². The molecule has 1 aliphatic rings. The minimum atomic E-state index is -0.546. The van der Waals surface area contributed by atoms with Gasteiger partial charge in [0.05, 0.1) is 12.7 Å². The van der Waals surface area contributed by atoms with Crippen molar-refractivity contribution in [2.75, 3.05) is 7.11 Å². The molecule has 4 aromatic carbocycles. The van der Waals surface area contributed by atoms with Gasteiger partial charge in [0.2, 0.25) is 5.90 Å². The molecule has 4 aromatic rings. The molecule has 0 fully saturated rings. The SMILES string of the molecule is COc1cc(/C=C2\N=C(c3ccc(-c4ccccc4)cc3)OC2=O)ccc1OC(=O)c1ccccc1. The molecule has 0 N–H and O–H groups in total. The first-order valence-electron chi connectivity index (χ1n) is 11.2. The zero-order valence-electron chi connectivity index (χ0n) is 19.4. The van der Waals surface area contributed by atoms with E-state index < -0.39 is 11.9 Å². The van der Waals surface area contributed by atoms with Gasteiger partial charge in [-0.25, -0.2) is 14.6 Å². The van der Waals surface area contributed by atoms with Crippen LogP contribution in [0.3, 0.4) is 0 Å². The van der Waals surface area contributed by atoms with Gasteiger partial charge in [0, 0.05) is 5.56 Å². The van der Waals surface area contributed by atoms with Gasteiger partial charge in [0.25, 0.3) is 0 Å². The molecule has 0 atom stereocenters. The van der Waals surface area contributed by atoms with Crippen LogP contribution in [-0.2, 0) is 9.53 Å². The predicted octanol–water partition coefficient (Wildman–Crippen LogP) is 5.93. The number of esters is 2. The zero-order chi connectivity index (χ0) is 24.9. The molecule has 0 amide bonds. The molecule has 1 aliphatic heterocycles. The molecule has 36 heavy (non-hydrogen) atoms. The molecule has 6 nitrogen and oxygen atoms in total. The van der Waals surface area contributed by atoms with Crippen molar-refractivity contribution in [3.05, 3.63) is 126 Å². The van der Waals surface area contributed by atoms with Crippen molar-refractivity contribution in [1.29, 1.82) is 0 Å². The fourth-order valence-electron chi connectivity index (χ4n) is 3.72. The monoisotopic (exact) mass is 475 g/mol. The maximum Gasteiger partial charge on any atom is 0.363 e. The molecule has 0 aromatic heterocycles. The first-order chi connectivity index (χ1) is 17.6. The lowest BCUT2D eigenvalue weighted by atomic mass is 10.0. The third kappa shape index (κ3) is 4.93. The van der Waals surface area contributed by atoms with Gasteiger partial charge in [-0.3, -0.25) is 0 Å². The van der Waals surface area contributed by atoms with E-state index in [4.69, 9.17) is 14.2 Å². The number of carbonyl (C=O) groups excluding carboxylic acids is 2. The van der Waals surface area contributed by atoms with Crippen LogP contribution in [0, 0.1) is 0 Å². The lowest BCUT2D eigenvalue weighted by Gasteiger charge is -2.10. The lowest BCUT2D eigenvalue weighted by Crippen LogP contribution is -2.09. The summed E-state index contributed by atoms with van der Waals surface area (Å²) in [6.45, 7) is 0. The van der Waals surface area contributed by atoms with Crippen LogP contribution in [0.2, 0.25) is 0 Å². The van der Waals surface area contributed by atoms with Crippen LogP contribution in [-0.4, -0.2) is 24.9 Å². The summed E-state index contributed by atoms with van der Waals surface area (Å²) in [7, 11) is 1.48. The Labute approximate surface area is 208 Å². The van der Waals surface area contributed by atoms with E-state index in [-0.39, 0.29) is 17.3 Å². The van der Waals surface area contributed by atoms with Crippen LogP contribution in [0.25, 0.3) is 17.2 Å². The Bertz CT molecular complexity index is 1470. The molecule has 0 saturated carbocycles. The Kier molecular flexibility index (Phi) is 6.40. The zero-order valence-corrected chi connectivity index (χ0v) is 19.4. The molecule has 6 heteroatoms. The average Bonchev–Trinajstić information content (AvgIpc) is 3.30. The first-order valence-corrected chi connectivity index (χ1v) is 11.2. The van der Waals surface area contributed by atoms with E-state index in [1.54, 1.807) is 48.5 Å². The number of cyclic esters (lactones) is 1. The largest absolute Gasteiger partial charge is 0.493 e. The minimum absolute atomic E-state index is 0.160. The van der Waals surface area contributed by atoms with Crippen molar-refractivity contribution in [2.24, 2.45) is 4.99 Å². The Morgan fingerprint density at radius 1 is 0.778 bits per heavy atom. The van der Waals surface area contributed by atoms with Gasteiger partial charge in [-0.1, -0.05) is 66.7 Å². The third-order valence-electron chi connectivity index (χ3n) is 5.56. The maximum atomic E-state index is 12.5. The van der Waals surface area contributed by atoms with Crippen LogP contribution < -0.4 is 9.47 Å². The Morgan fingerprint density at radius 3 is 2.11 bits per heavy atom. The predicted molar refractivity (Wildman–Crippen MR) is 137 cm³/mol.